The van der Waals surface area contributed by atoms with Crippen LogP contribution < -0.4 is 0 Å². The molecule has 0 fully saturated rings. The highest BCUT2D eigenvalue weighted by Crippen LogP contribution is 2.40. The second kappa shape index (κ2) is 12.0. The molecule has 0 unspecified atom stereocenters. The van der Waals surface area contributed by atoms with E-state index in [1.54, 1.807) is 11.3 Å². The number of carbonyl (C=O) groups is 2. The zero-order valence-electron chi connectivity index (χ0n) is 16.4. The monoisotopic (exact) mass is 451 g/mol. The number of thioether (sulfide) groups is 2. The Morgan fingerprint density at radius 1 is 1.10 bits per heavy atom. The number of rotatable bonds is 12. The molecule has 0 aliphatic carbocycles. The molecule has 1 aromatic carbocycles. The lowest BCUT2D eigenvalue weighted by Gasteiger charge is -2.16. The fourth-order valence-corrected chi connectivity index (χ4v) is 5.89. The third kappa shape index (κ3) is 8.64. The molecule has 0 radical (unpaired) electrons. The summed E-state index contributed by atoms with van der Waals surface area (Å²) in [6.45, 7) is 4.24. The Hall–Kier alpha value is -1.77. The number of benzene rings is 1. The molecule has 2 rings (SSSR count). The lowest BCUT2D eigenvalue weighted by Crippen LogP contribution is -2.01. The van der Waals surface area contributed by atoms with Gasteiger partial charge in [-0.3, -0.25) is 9.59 Å². The molecule has 1 heterocycles. The van der Waals surface area contributed by atoms with Gasteiger partial charge in [0.25, 0.3) is 0 Å². The molecule has 0 aliphatic rings. The quantitative estimate of drug-likeness (QED) is 0.391. The SMILES string of the molecule is CC(C)c1csc(/C=C/c2cccc(C(SCCC(=O)O)SCCC(=O)O)c2)n1. The predicted molar refractivity (Wildman–Crippen MR) is 124 cm³/mol. The van der Waals surface area contributed by atoms with Crippen LogP contribution in [0.4, 0.5) is 0 Å². The fraction of sp³-hybridized carbons (Fsp3) is 0.381. The number of hydrogen-bond donors (Lipinski definition) is 2. The van der Waals surface area contributed by atoms with E-state index in [-0.39, 0.29) is 17.4 Å². The molecule has 0 spiro atoms. The Kier molecular flexibility index (Phi) is 9.76. The summed E-state index contributed by atoms with van der Waals surface area (Å²) in [6, 6.07) is 8.06. The van der Waals surface area contributed by atoms with Crippen LogP contribution in [-0.2, 0) is 9.59 Å². The van der Waals surface area contributed by atoms with Gasteiger partial charge in [0.2, 0.25) is 0 Å². The molecule has 0 amide bonds. The zero-order valence-corrected chi connectivity index (χ0v) is 18.9. The molecule has 0 saturated carbocycles. The van der Waals surface area contributed by atoms with Crippen molar-refractivity contribution in [2.75, 3.05) is 11.5 Å². The average molecular weight is 452 g/mol. The van der Waals surface area contributed by atoms with Gasteiger partial charge in [-0.25, -0.2) is 4.98 Å². The van der Waals surface area contributed by atoms with E-state index in [1.165, 1.54) is 23.5 Å². The average Bonchev–Trinajstić information content (AvgIpc) is 3.14. The molecular weight excluding hydrogens is 426 g/mol. The number of aromatic nitrogens is 1. The van der Waals surface area contributed by atoms with Crippen molar-refractivity contribution in [2.24, 2.45) is 0 Å². The minimum Gasteiger partial charge on any atom is -0.481 e. The van der Waals surface area contributed by atoms with Crippen molar-refractivity contribution in [1.29, 1.82) is 0 Å². The summed E-state index contributed by atoms with van der Waals surface area (Å²) >= 11 is 4.70. The molecule has 8 heteroatoms. The van der Waals surface area contributed by atoms with Crippen LogP contribution in [0.15, 0.2) is 29.6 Å². The molecular formula is C21H25NO4S3. The van der Waals surface area contributed by atoms with Crippen molar-refractivity contribution >= 4 is 59.0 Å². The third-order valence-electron chi connectivity index (χ3n) is 3.90. The molecule has 0 atom stereocenters. The number of nitrogens with zero attached hydrogens (tertiary/aromatic N) is 1. The minimum absolute atomic E-state index is 0.00513. The van der Waals surface area contributed by atoms with Crippen LogP contribution in [0.25, 0.3) is 12.2 Å². The summed E-state index contributed by atoms with van der Waals surface area (Å²) in [5.74, 6) is -0.280. The molecule has 1 aromatic heterocycles. The number of carboxylic acids is 2. The fourth-order valence-electron chi connectivity index (χ4n) is 2.37. The molecule has 5 nitrogen and oxygen atoms in total. The van der Waals surface area contributed by atoms with E-state index in [2.05, 4.69) is 30.3 Å². The number of thiazole rings is 1. The van der Waals surface area contributed by atoms with Crippen LogP contribution in [0, 0.1) is 0 Å². The van der Waals surface area contributed by atoms with E-state index in [1.807, 2.05) is 30.4 Å². The topological polar surface area (TPSA) is 87.5 Å². The van der Waals surface area contributed by atoms with E-state index >= 15 is 0 Å². The van der Waals surface area contributed by atoms with Crippen LogP contribution in [0.1, 0.15) is 59.0 Å². The standard InChI is InChI=1S/C21H25NO4S3/c1-14(2)17-13-29-18(22-17)7-6-15-4-3-5-16(12-15)21(27-10-8-19(23)24)28-11-9-20(25)26/h3-7,12-14,21H,8-11H2,1-2H3,(H,23,24)(H,25,26)/b7-6+. The van der Waals surface area contributed by atoms with Crippen LogP contribution >= 0.6 is 34.9 Å². The molecule has 0 bridgehead atoms. The summed E-state index contributed by atoms with van der Waals surface area (Å²) < 4.78 is -0.00513. The maximum absolute atomic E-state index is 10.8. The van der Waals surface area contributed by atoms with Crippen molar-refractivity contribution in [1.82, 2.24) is 4.98 Å². The van der Waals surface area contributed by atoms with Crippen molar-refractivity contribution < 1.29 is 19.8 Å². The second-order valence-electron chi connectivity index (χ2n) is 6.63. The maximum Gasteiger partial charge on any atom is 0.304 e. The molecule has 2 N–H and O–H groups in total. The van der Waals surface area contributed by atoms with Crippen LogP contribution in [0.2, 0.25) is 0 Å². The Bertz CT molecular complexity index is 828. The molecule has 29 heavy (non-hydrogen) atoms. The molecule has 0 aliphatic heterocycles. The zero-order chi connectivity index (χ0) is 21.2. The Morgan fingerprint density at radius 3 is 2.31 bits per heavy atom. The van der Waals surface area contributed by atoms with Crippen molar-refractivity contribution in [3.8, 4) is 0 Å². The second-order valence-corrected chi connectivity index (χ2v) is 10.2. The van der Waals surface area contributed by atoms with Gasteiger partial charge in [0.15, 0.2) is 0 Å². The molecule has 156 valence electrons. The summed E-state index contributed by atoms with van der Waals surface area (Å²) in [5.41, 5.74) is 3.18. The van der Waals surface area contributed by atoms with Crippen molar-refractivity contribution in [3.05, 3.63) is 51.5 Å². The maximum atomic E-state index is 10.8. The van der Waals surface area contributed by atoms with Gasteiger partial charge in [-0.15, -0.1) is 34.9 Å². The number of hydrogen-bond acceptors (Lipinski definition) is 6. The normalized spacial score (nSPS) is 11.6. The lowest BCUT2D eigenvalue weighted by molar-refractivity contribution is -0.137. The van der Waals surface area contributed by atoms with E-state index in [4.69, 9.17) is 10.2 Å². The van der Waals surface area contributed by atoms with E-state index in [9.17, 15) is 9.59 Å². The predicted octanol–water partition coefficient (Wildman–Crippen LogP) is 5.85. The van der Waals surface area contributed by atoms with Gasteiger partial charge in [0.1, 0.15) is 5.01 Å². The first-order chi connectivity index (χ1) is 13.8. The van der Waals surface area contributed by atoms with Crippen LogP contribution in [0.5, 0.6) is 0 Å². The summed E-state index contributed by atoms with van der Waals surface area (Å²) in [5, 5.41) is 20.8. The lowest BCUT2D eigenvalue weighted by atomic mass is 10.1. The van der Waals surface area contributed by atoms with Gasteiger partial charge in [0.05, 0.1) is 23.1 Å². The van der Waals surface area contributed by atoms with Gasteiger partial charge in [-0.1, -0.05) is 38.1 Å². The summed E-state index contributed by atoms with van der Waals surface area (Å²) in [4.78, 5) is 26.3. The highest BCUT2D eigenvalue weighted by Gasteiger charge is 2.14. The van der Waals surface area contributed by atoms with E-state index in [0.29, 0.717) is 17.4 Å². The molecule has 0 saturated heterocycles. The summed E-state index contributed by atoms with van der Waals surface area (Å²) in [7, 11) is 0. The first-order valence-corrected chi connectivity index (χ1v) is 12.2. The first-order valence-electron chi connectivity index (χ1n) is 9.25. The number of aliphatic carboxylic acids is 2. The highest BCUT2D eigenvalue weighted by molar-refractivity contribution is 8.16. The Balaban J connectivity index is 2.10. The van der Waals surface area contributed by atoms with E-state index < -0.39 is 11.9 Å². The van der Waals surface area contributed by atoms with Crippen LogP contribution in [-0.4, -0.2) is 38.6 Å². The minimum atomic E-state index is -0.826. The molecule has 2 aromatic rings. The van der Waals surface area contributed by atoms with E-state index in [0.717, 1.165) is 21.8 Å². The van der Waals surface area contributed by atoms with Crippen LogP contribution in [0.3, 0.4) is 0 Å². The van der Waals surface area contributed by atoms with Crippen molar-refractivity contribution in [3.63, 3.8) is 0 Å². The van der Waals surface area contributed by atoms with Gasteiger partial charge in [0, 0.05) is 16.9 Å². The Labute approximate surface area is 183 Å². The van der Waals surface area contributed by atoms with Gasteiger partial charge >= 0.3 is 11.9 Å². The first kappa shape index (κ1) is 23.5. The smallest absolute Gasteiger partial charge is 0.304 e. The third-order valence-corrected chi connectivity index (χ3v) is 7.58. The summed E-state index contributed by atoms with van der Waals surface area (Å²) in [6.07, 6.45) is 4.19. The largest absolute Gasteiger partial charge is 0.481 e. The number of carboxylic acid groups (broad SMARTS) is 2. The Morgan fingerprint density at radius 2 is 1.76 bits per heavy atom. The van der Waals surface area contributed by atoms with Gasteiger partial charge in [-0.2, -0.15) is 0 Å². The highest BCUT2D eigenvalue weighted by atomic mass is 32.2. The van der Waals surface area contributed by atoms with Crippen molar-refractivity contribution in [2.45, 2.75) is 37.2 Å². The van der Waals surface area contributed by atoms with Gasteiger partial charge < -0.3 is 10.2 Å². The van der Waals surface area contributed by atoms with Gasteiger partial charge in [-0.05, 0) is 29.2 Å².